The minimum absolute atomic E-state index is 0.0733. The monoisotopic (exact) mass is 399 g/mol. The van der Waals surface area contributed by atoms with Gasteiger partial charge in [0.1, 0.15) is 0 Å². The number of benzene rings is 2. The molecular weight excluding hydrogens is 382 g/mol. The van der Waals surface area contributed by atoms with E-state index in [2.05, 4.69) is 15.8 Å². The molecule has 2 aromatic carbocycles. The van der Waals surface area contributed by atoms with E-state index >= 15 is 0 Å². The maximum absolute atomic E-state index is 12.0. The fourth-order valence-electron chi connectivity index (χ4n) is 2.57. The summed E-state index contributed by atoms with van der Waals surface area (Å²) < 4.78 is 2.02. The lowest BCUT2D eigenvalue weighted by molar-refractivity contribution is -0.384. The summed E-state index contributed by atoms with van der Waals surface area (Å²) >= 11 is 1.27. The molecule has 1 aromatic heterocycles. The van der Waals surface area contributed by atoms with Crippen LogP contribution in [0, 0.1) is 10.1 Å². The van der Waals surface area contributed by atoms with Crippen molar-refractivity contribution in [1.29, 1.82) is 0 Å². The number of aryl methyl sites for hydroxylation is 1. The molecule has 0 bridgehead atoms. The van der Waals surface area contributed by atoms with Crippen molar-refractivity contribution >= 4 is 40.3 Å². The quantitative estimate of drug-likeness (QED) is 0.373. The number of hydrazine groups is 1. The molecule has 0 atom stereocenters. The molecule has 10 heteroatoms. The molecule has 9 nitrogen and oxygen atoms in total. The van der Waals surface area contributed by atoms with E-state index in [0.717, 1.165) is 22.7 Å². The molecule has 0 saturated carbocycles. The number of hydrogen-bond donors (Lipinski definition) is 2. The Bertz CT molecular complexity index is 1030. The Morgan fingerprint density at radius 3 is 2.54 bits per heavy atom. The summed E-state index contributed by atoms with van der Waals surface area (Å²) in [5.74, 6) is -0.881. The SMILES string of the molecule is CCn1c(SCC(=O)NNC(=O)c2ccc([N+](=O)[O-])cc2)nc2ccccc21. The van der Waals surface area contributed by atoms with Crippen molar-refractivity contribution in [3.8, 4) is 0 Å². The van der Waals surface area contributed by atoms with Gasteiger partial charge in [0.2, 0.25) is 5.91 Å². The molecule has 2 amide bonds. The first kappa shape index (κ1) is 19.4. The number of nitro groups is 1. The van der Waals surface area contributed by atoms with E-state index in [0.29, 0.717) is 0 Å². The zero-order valence-electron chi connectivity index (χ0n) is 14.9. The zero-order chi connectivity index (χ0) is 20.1. The third-order valence-electron chi connectivity index (χ3n) is 3.92. The van der Waals surface area contributed by atoms with E-state index < -0.39 is 16.7 Å². The molecule has 0 aliphatic carbocycles. The molecule has 0 aliphatic heterocycles. The van der Waals surface area contributed by atoms with Crippen LogP contribution in [0.1, 0.15) is 17.3 Å². The lowest BCUT2D eigenvalue weighted by atomic mass is 10.2. The Morgan fingerprint density at radius 2 is 1.86 bits per heavy atom. The van der Waals surface area contributed by atoms with Crippen molar-refractivity contribution in [1.82, 2.24) is 20.4 Å². The second-order valence-electron chi connectivity index (χ2n) is 5.72. The van der Waals surface area contributed by atoms with E-state index in [1.807, 2.05) is 35.8 Å². The number of imidazole rings is 1. The highest BCUT2D eigenvalue weighted by Gasteiger charge is 2.13. The topological polar surface area (TPSA) is 119 Å². The second kappa shape index (κ2) is 8.53. The molecule has 2 N–H and O–H groups in total. The van der Waals surface area contributed by atoms with Gasteiger partial charge in [0, 0.05) is 24.2 Å². The van der Waals surface area contributed by atoms with Crippen LogP contribution in [0.25, 0.3) is 11.0 Å². The number of carbonyl (C=O) groups excluding carboxylic acids is 2. The number of amides is 2. The van der Waals surface area contributed by atoms with Gasteiger partial charge in [-0.15, -0.1) is 0 Å². The predicted molar refractivity (Wildman–Crippen MR) is 105 cm³/mol. The molecular formula is C18H17N5O4S. The lowest BCUT2D eigenvalue weighted by Crippen LogP contribution is -2.42. The number of thioether (sulfide) groups is 1. The van der Waals surface area contributed by atoms with Crippen LogP contribution in [0.2, 0.25) is 0 Å². The van der Waals surface area contributed by atoms with Gasteiger partial charge in [-0.05, 0) is 31.2 Å². The Morgan fingerprint density at radius 1 is 1.14 bits per heavy atom. The van der Waals surface area contributed by atoms with Gasteiger partial charge >= 0.3 is 0 Å². The van der Waals surface area contributed by atoms with Crippen molar-refractivity contribution in [3.05, 3.63) is 64.2 Å². The predicted octanol–water partition coefficient (Wildman–Crippen LogP) is 2.52. The standard InChI is InChI=1S/C18H17N5O4S/c1-2-22-15-6-4-3-5-14(15)19-18(22)28-11-16(24)20-21-17(25)12-7-9-13(10-8-12)23(26)27/h3-10H,2,11H2,1H3,(H,20,24)(H,21,25). The van der Waals surface area contributed by atoms with E-state index in [9.17, 15) is 19.7 Å². The second-order valence-corrected chi connectivity index (χ2v) is 6.66. The van der Waals surface area contributed by atoms with E-state index in [1.54, 1.807) is 0 Å². The average Bonchev–Trinajstić information content (AvgIpc) is 3.08. The van der Waals surface area contributed by atoms with Crippen LogP contribution in [-0.2, 0) is 11.3 Å². The van der Waals surface area contributed by atoms with Crippen LogP contribution < -0.4 is 10.9 Å². The number of nitrogens with one attached hydrogen (secondary N) is 2. The van der Waals surface area contributed by atoms with Crippen LogP contribution in [0.3, 0.4) is 0 Å². The molecule has 0 fully saturated rings. The number of aromatic nitrogens is 2. The van der Waals surface area contributed by atoms with Crippen LogP contribution in [-0.4, -0.2) is 32.0 Å². The zero-order valence-corrected chi connectivity index (χ0v) is 15.7. The van der Waals surface area contributed by atoms with Crippen molar-refractivity contribution in [2.24, 2.45) is 0 Å². The summed E-state index contributed by atoms with van der Waals surface area (Å²) in [6, 6.07) is 12.8. The van der Waals surface area contributed by atoms with E-state index in [1.165, 1.54) is 36.0 Å². The first-order valence-electron chi connectivity index (χ1n) is 8.41. The van der Waals surface area contributed by atoms with Gasteiger partial charge in [0.05, 0.1) is 21.7 Å². The fraction of sp³-hybridized carbons (Fsp3) is 0.167. The van der Waals surface area contributed by atoms with Gasteiger partial charge in [-0.2, -0.15) is 0 Å². The molecule has 0 saturated heterocycles. The van der Waals surface area contributed by atoms with Crippen molar-refractivity contribution < 1.29 is 14.5 Å². The lowest BCUT2D eigenvalue weighted by Gasteiger charge is -2.08. The first-order chi connectivity index (χ1) is 13.5. The smallest absolute Gasteiger partial charge is 0.269 e. The molecule has 1 heterocycles. The van der Waals surface area contributed by atoms with Crippen LogP contribution >= 0.6 is 11.8 Å². The number of rotatable bonds is 6. The van der Waals surface area contributed by atoms with Crippen molar-refractivity contribution in [3.63, 3.8) is 0 Å². The largest absolute Gasteiger partial charge is 0.319 e. The Hall–Kier alpha value is -3.40. The molecule has 3 aromatic rings. The van der Waals surface area contributed by atoms with E-state index in [4.69, 9.17) is 0 Å². The fourth-order valence-corrected chi connectivity index (χ4v) is 3.45. The van der Waals surface area contributed by atoms with Gasteiger partial charge in [-0.3, -0.25) is 30.6 Å². The number of fused-ring (bicyclic) bond motifs is 1. The van der Waals surface area contributed by atoms with Crippen molar-refractivity contribution in [2.75, 3.05) is 5.75 Å². The molecule has 3 rings (SSSR count). The third kappa shape index (κ3) is 4.29. The third-order valence-corrected chi connectivity index (χ3v) is 4.90. The Labute approximate surface area is 164 Å². The van der Waals surface area contributed by atoms with Crippen LogP contribution in [0.4, 0.5) is 5.69 Å². The summed E-state index contributed by atoms with van der Waals surface area (Å²) in [6.07, 6.45) is 0. The maximum Gasteiger partial charge on any atom is 0.269 e. The molecule has 144 valence electrons. The highest BCUT2D eigenvalue weighted by Crippen LogP contribution is 2.23. The summed E-state index contributed by atoms with van der Waals surface area (Å²) in [7, 11) is 0. The summed E-state index contributed by atoms with van der Waals surface area (Å²) in [5.41, 5.74) is 6.56. The van der Waals surface area contributed by atoms with Gasteiger partial charge in [0.25, 0.3) is 11.6 Å². The molecule has 28 heavy (non-hydrogen) atoms. The minimum Gasteiger partial charge on any atom is -0.319 e. The summed E-state index contributed by atoms with van der Waals surface area (Å²) in [6.45, 7) is 2.73. The Balaban J connectivity index is 1.55. The molecule has 0 spiro atoms. The van der Waals surface area contributed by atoms with Crippen LogP contribution in [0.15, 0.2) is 53.7 Å². The normalized spacial score (nSPS) is 10.6. The number of nitrogens with zero attached hydrogens (tertiary/aromatic N) is 3. The number of carbonyl (C=O) groups is 2. The summed E-state index contributed by atoms with van der Waals surface area (Å²) in [5, 5.41) is 11.4. The summed E-state index contributed by atoms with van der Waals surface area (Å²) in [4.78, 5) is 38.6. The molecule has 0 unspecified atom stereocenters. The highest BCUT2D eigenvalue weighted by molar-refractivity contribution is 7.99. The number of para-hydroxylation sites is 2. The Kier molecular flexibility index (Phi) is 5.90. The van der Waals surface area contributed by atoms with Gasteiger partial charge in [-0.25, -0.2) is 4.98 Å². The number of hydrogen-bond acceptors (Lipinski definition) is 6. The first-order valence-corrected chi connectivity index (χ1v) is 9.40. The average molecular weight is 399 g/mol. The van der Waals surface area contributed by atoms with Crippen LogP contribution in [0.5, 0.6) is 0 Å². The maximum atomic E-state index is 12.0. The molecule has 0 radical (unpaired) electrons. The highest BCUT2D eigenvalue weighted by atomic mass is 32.2. The molecule has 0 aliphatic rings. The number of non-ortho nitro benzene ring substituents is 1. The minimum atomic E-state index is -0.561. The van der Waals surface area contributed by atoms with E-state index in [-0.39, 0.29) is 17.0 Å². The van der Waals surface area contributed by atoms with Gasteiger partial charge in [0.15, 0.2) is 5.16 Å². The van der Waals surface area contributed by atoms with Gasteiger partial charge in [-0.1, -0.05) is 23.9 Å². The number of nitro benzene ring substituents is 1. The van der Waals surface area contributed by atoms with Crippen molar-refractivity contribution in [2.45, 2.75) is 18.6 Å². The van der Waals surface area contributed by atoms with Gasteiger partial charge < -0.3 is 4.57 Å².